The van der Waals surface area contributed by atoms with E-state index in [2.05, 4.69) is 40.2 Å². The van der Waals surface area contributed by atoms with Gasteiger partial charge in [0.2, 0.25) is 0 Å². The van der Waals surface area contributed by atoms with Gasteiger partial charge in [-0.2, -0.15) is 0 Å². The summed E-state index contributed by atoms with van der Waals surface area (Å²) in [4.78, 5) is 4.92. The van der Waals surface area contributed by atoms with E-state index >= 15 is 0 Å². The van der Waals surface area contributed by atoms with E-state index in [0.29, 0.717) is 5.92 Å². The second-order valence-corrected chi connectivity index (χ2v) is 5.36. The highest BCUT2D eigenvalue weighted by Gasteiger charge is 2.25. The van der Waals surface area contributed by atoms with Crippen LogP contribution in [-0.4, -0.2) is 29.6 Å². The van der Waals surface area contributed by atoms with Gasteiger partial charge in [-0.25, -0.2) is 4.98 Å². The first-order chi connectivity index (χ1) is 10.4. The monoisotopic (exact) mass is 279 g/mol. The Morgan fingerprint density at radius 1 is 1.19 bits per heavy atom. The topological polar surface area (TPSA) is 38.6 Å². The minimum Gasteiger partial charge on any atom is -0.497 e. The number of fused-ring (bicyclic) bond motifs is 1. The normalized spacial score (nSPS) is 15.1. The summed E-state index contributed by atoms with van der Waals surface area (Å²) in [5.74, 6) is 2.50. The van der Waals surface area contributed by atoms with Crippen molar-refractivity contribution in [2.45, 2.75) is 5.92 Å². The van der Waals surface area contributed by atoms with Crippen molar-refractivity contribution in [2.24, 2.45) is 0 Å². The fourth-order valence-corrected chi connectivity index (χ4v) is 2.80. The molecule has 1 aliphatic rings. The predicted molar refractivity (Wildman–Crippen MR) is 82.8 cm³/mol. The SMILES string of the molecule is COc1cccc(-c2nc(C3CNC3)n3ccccc23)c1. The summed E-state index contributed by atoms with van der Waals surface area (Å²) < 4.78 is 7.54. The molecule has 21 heavy (non-hydrogen) atoms. The van der Waals surface area contributed by atoms with Crippen molar-refractivity contribution in [3.63, 3.8) is 0 Å². The average Bonchev–Trinajstić information content (AvgIpc) is 2.85. The fourth-order valence-electron chi connectivity index (χ4n) is 2.80. The van der Waals surface area contributed by atoms with Crippen molar-refractivity contribution in [2.75, 3.05) is 20.2 Å². The van der Waals surface area contributed by atoms with Crippen molar-refractivity contribution in [3.05, 3.63) is 54.5 Å². The molecule has 0 spiro atoms. The van der Waals surface area contributed by atoms with E-state index in [1.165, 1.54) is 0 Å². The van der Waals surface area contributed by atoms with Crippen molar-refractivity contribution >= 4 is 5.52 Å². The third kappa shape index (κ3) is 1.99. The minimum absolute atomic E-state index is 0.499. The summed E-state index contributed by atoms with van der Waals surface area (Å²) in [6.45, 7) is 2.01. The van der Waals surface area contributed by atoms with Crippen molar-refractivity contribution in [1.82, 2.24) is 14.7 Å². The van der Waals surface area contributed by atoms with Gasteiger partial charge in [-0.3, -0.25) is 0 Å². The summed E-state index contributed by atoms with van der Waals surface area (Å²) in [7, 11) is 1.69. The van der Waals surface area contributed by atoms with Crippen LogP contribution in [0, 0.1) is 0 Å². The maximum Gasteiger partial charge on any atom is 0.119 e. The van der Waals surface area contributed by atoms with Gasteiger partial charge in [0, 0.05) is 30.8 Å². The zero-order valence-electron chi connectivity index (χ0n) is 11.9. The Bertz CT molecular complexity index is 790. The number of aromatic nitrogens is 2. The first-order valence-electron chi connectivity index (χ1n) is 7.19. The number of imidazole rings is 1. The van der Waals surface area contributed by atoms with Gasteiger partial charge < -0.3 is 14.5 Å². The molecule has 0 bridgehead atoms. The number of rotatable bonds is 3. The molecule has 1 saturated heterocycles. The molecule has 1 aromatic carbocycles. The van der Waals surface area contributed by atoms with E-state index < -0.39 is 0 Å². The molecule has 0 aliphatic carbocycles. The van der Waals surface area contributed by atoms with Gasteiger partial charge in [0.15, 0.2) is 0 Å². The van der Waals surface area contributed by atoms with Crippen LogP contribution < -0.4 is 10.1 Å². The van der Waals surface area contributed by atoms with E-state index in [9.17, 15) is 0 Å². The zero-order valence-corrected chi connectivity index (χ0v) is 11.9. The Hall–Kier alpha value is -2.33. The first-order valence-corrected chi connectivity index (χ1v) is 7.19. The van der Waals surface area contributed by atoms with Crippen LogP contribution >= 0.6 is 0 Å². The summed E-state index contributed by atoms with van der Waals surface area (Å²) in [6.07, 6.45) is 2.10. The second-order valence-electron chi connectivity index (χ2n) is 5.36. The molecular formula is C17H17N3O. The third-order valence-electron chi connectivity index (χ3n) is 4.07. The molecule has 3 heterocycles. The van der Waals surface area contributed by atoms with Crippen LogP contribution in [0.3, 0.4) is 0 Å². The molecule has 4 rings (SSSR count). The highest BCUT2D eigenvalue weighted by Crippen LogP contribution is 2.30. The lowest BCUT2D eigenvalue weighted by Crippen LogP contribution is -2.40. The molecule has 1 fully saturated rings. The number of ether oxygens (including phenoxy) is 1. The molecule has 106 valence electrons. The molecule has 4 heteroatoms. The molecule has 1 aliphatic heterocycles. The number of nitrogens with zero attached hydrogens (tertiary/aromatic N) is 2. The number of pyridine rings is 1. The number of benzene rings is 1. The molecule has 0 amide bonds. The Labute approximate surface area is 123 Å². The lowest BCUT2D eigenvalue weighted by molar-refractivity contribution is 0.415. The standard InChI is InChI=1S/C17H17N3O/c1-21-14-6-4-5-12(9-14)16-15-7-2-3-8-20(15)17(19-16)13-10-18-11-13/h2-9,13,18H,10-11H2,1H3. The summed E-state index contributed by atoms with van der Waals surface area (Å²) in [5, 5.41) is 3.32. The van der Waals surface area contributed by atoms with Gasteiger partial charge in [0.1, 0.15) is 11.6 Å². The van der Waals surface area contributed by atoms with Crippen LogP contribution in [0.15, 0.2) is 48.7 Å². The number of nitrogens with one attached hydrogen (secondary N) is 1. The van der Waals surface area contributed by atoms with Gasteiger partial charge in [0.05, 0.1) is 18.3 Å². The zero-order chi connectivity index (χ0) is 14.2. The molecule has 0 saturated carbocycles. The van der Waals surface area contributed by atoms with Gasteiger partial charge in [-0.05, 0) is 24.3 Å². The van der Waals surface area contributed by atoms with Crippen molar-refractivity contribution in [1.29, 1.82) is 0 Å². The average molecular weight is 279 g/mol. The maximum atomic E-state index is 5.33. The van der Waals surface area contributed by atoms with Crippen LogP contribution in [0.2, 0.25) is 0 Å². The lowest BCUT2D eigenvalue weighted by atomic mass is 10.0. The van der Waals surface area contributed by atoms with Crippen molar-refractivity contribution in [3.8, 4) is 17.0 Å². The Morgan fingerprint density at radius 2 is 2.10 bits per heavy atom. The van der Waals surface area contributed by atoms with Gasteiger partial charge in [-0.15, -0.1) is 0 Å². The Balaban J connectivity index is 1.91. The smallest absolute Gasteiger partial charge is 0.119 e. The summed E-state index contributed by atoms with van der Waals surface area (Å²) in [6, 6.07) is 14.3. The maximum absolute atomic E-state index is 5.33. The highest BCUT2D eigenvalue weighted by molar-refractivity contribution is 5.78. The predicted octanol–water partition coefficient (Wildman–Crippen LogP) is 2.70. The molecule has 0 unspecified atom stereocenters. The lowest BCUT2D eigenvalue weighted by Gasteiger charge is -2.25. The molecule has 4 nitrogen and oxygen atoms in total. The van der Waals surface area contributed by atoms with Crippen LogP contribution in [0.4, 0.5) is 0 Å². The minimum atomic E-state index is 0.499. The molecule has 0 radical (unpaired) electrons. The first kappa shape index (κ1) is 12.4. The van der Waals surface area contributed by atoms with E-state index in [0.717, 1.165) is 41.4 Å². The Kier molecular flexibility index (Phi) is 2.89. The fraction of sp³-hybridized carbons (Fsp3) is 0.235. The number of methoxy groups -OCH3 is 1. The molecule has 3 aromatic rings. The van der Waals surface area contributed by atoms with Gasteiger partial charge >= 0.3 is 0 Å². The van der Waals surface area contributed by atoms with Crippen LogP contribution in [0.25, 0.3) is 16.8 Å². The molecule has 2 aromatic heterocycles. The third-order valence-corrected chi connectivity index (χ3v) is 4.07. The number of hydrogen-bond donors (Lipinski definition) is 1. The quantitative estimate of drug-likeness (QED) is 0.801. The van der Waals surface area contributed by atoms with E-state index in [1.54, 1.807) is 7.11 Å². The molecular weight excluding hydrogens is 262 g/mol. The number of hydrogen-bond acceptors (Lipinski definition) is 3. The summed E-state index contributed by atoms with van der Waals surface area (Å²) >= 11 is 0. The van der Waals surface area contributed by atoms with Crippen LogP contribution in [0.5, 0.6) is 5.75 Å². The molecule has 0 atom stereocenters. The van der Waals surface area contributed by atoms with E-state index in [1.807, 2.05) is 18.2 Å². The van der Waals surface area contributed by atoms with E-state index in [-0.39, 0.29) is 0 Å². The molecule has 1 N–H and O–H groups in total. The second kappa shape index (κ2) is 4.90. The van der Waals surface area contributed by atoms with E-state index in [4.69, 9.17) is 9.72 Å². The Morgan fingerprint density at radius 3 is 2.86 bits per heavy atom. The van der Waals surface area contributed by atoms with Gasteiger partial charge in [-0.1, -0.05) is 18.2 Å². The van der Waals surface area contributed by atoms with Crippen LogP contribution in [0.1, 0.15) is 11.7 Å². The highest BCUT2D eigenvalue weighted by atomic mass is 16.5. The van der Waals surface area contributed by atoms with Crippen LogP contribution in [-0.2, 0) is 0 Å². The van der Waals surface area contributed by atoms with Crippen molar-refractivity contribution < 1.29 is 4.74 Å². The summed E-state index contributed by atoms with van der Waals surface area (Å²) in [5.41, 5.74) is 3.26. The largest absolute Gasteiger partial charge is 0.497 e. The van der Waals surface area contributed by atoms with Gasteiger partial charge in [0.25, 0.3) is 0 Å².